The Morgan fingerprint density at radius 3 is 2.53 bits per heavy atom. The van der Waals surface area contributed by atoms with Crippen molar-refractivity contribution in [3.05, 3.63) is 12.7 Å². The molecular formula is C13H28N2. The Balaban J connectivity index is 3.41. The summed E-state index contributed by atoms with van der Waals surface area (Å²) in [5, 5.41) is 3.35. The molecule has 0 aromatic rings. The van der Waals surface area contributed by atoms with E-state index in [1.54, 1.807) is 0 Å². The molecule has 1 N–H and O–H groups in total. The van der Waals surface area contributed by atoms with Gasteiger partial charge in [-0.05, 0) is 46.3 Å². The van der Waals surface area contributed by atoms with Crippen LogP contribution in [0.5, 0.6) is 0 Å². The Labute approximate surface area is 95.7 Å². The first-order valence-corrected chi connectivity index (χ1v) is 6.28. The molecule has 0 bridgehead atoms. The molecular weight excluding hydrogens is 184 g/mol. The largest absolute Gasteiger partial charge is 0.317 e. The first-order chi connectivity index (χ1) is 7.22. The predicted octanol–water partition coefficient (Wildman–Crippen LogP) is 2.66. The lowest BCUT2D eigenvalue weighted by molar-refractivity contribution is 0.240. The first kappa shape index (κ1) is 14.7. The van der Waals surface area contributed by atoms with E-state index in [1.807, 2.05) is 6.08 Å². The van der Waals surface area contributed by atoms with Crippen molar-refractivity contribution in [1.29, 1.82) is 0 Å². The standard InChI is InChI=1S/C13H28N2/c1-5-11-15(13(3)4)12-9-7-8-10-14-6-2/h5,13-14H,1,6-12H2,2-4H3. The van der Waals surface area contributed by atoms with Gasteiger partial charge in [-0.2, -0.15) is 0 Å². The van der Waals surface area contributed by atoms with Crippen LogP contribution in [-0.2, 0) is 0 Å². The monoisotopic (exact) mass is 212 g/mol. The molecule has 0 amide bonds. The predicted molar refractivity (Wildman–Crippen MR) is 69.3 cm³/mol. The fourth-order valence-electron chi connectivity index (χ4n) is 1.64. The maximum absolute atomic E-state index is 3.80. The average Bonchev–Trinajstić information content (AvgIpc) is 2.21. The van der Waals surface area contributed by atoms with Gasteiger partial charge in [-0.1, -0.05) is 19.4 Å². The lowest BCUT2D eigenvalue weighted by Gasteiger charge is -2.24. The molecule has 0 unspecified atom stereocenters. The van der Waals surface area contributed by atoms with E-state index in [0.29, 0.717) is 6.04 Å². The van der Waals surface area contributed by atoms with Crippen molar-refractivity contribution in [1.82, 2.24) is 10.2 Å². The molecule has 0 aromatic heterocycles. The minimum absolute atomic E-state index is 0.636. The zero-order chi connectivity index (χ0) is 11.5. The Bertz CT molecular complexity index is 143. The molecule has 0 saturated carbocycles. The van der Waals surface area contributed by atoms with E-state index in [1.165, 1.54) is 32.4 Å². The Hall–Kier alpha value is -0.340. The fourth-order valence-corrected chi connectivity index (χ4v) is 1.64. The third kappa shape index (κ3) is 8.64. The second kappa shape index (κ2) is 10.2. The summed E-state index contributed by atoms with van der Waals surface area (Å²) in [7, 11) is 0. The molecule has 2 heteroatoms. The highest BCUT2D eigenvalue weighted by Gasteiger charge is 2.05. The second-order valence-electron chi connectivity index (χ2n) is 4.29. The van der Waals surface area contributed by atoms with Crippen LogP contribution in [0.15, 0.2) is 12.7 Å². The normalized spacial score (nSPS) is 11.3. The van der Waals surface area contributed by atoms with Crippen LogP contribution in [0.4, 0.5) is 0 Å². The van der Waals surface area contributed by atoms with Crippen molar-refractivity contribution < 1.29 is 0 Å². The van der Waals surface area contributed by atoms with Gasteiger partial charge in [0, 0.05) is 12.6 Å². The fraction of sp³-hybridized carbons (Fsp3) is 0.846. The molecule has 0 aliphatic carbocycles. The minimum atomic E-state index is 0.636. The van der Waals surface area contributed by atoms with Gasteiger partial charge in [-0.15, -0.1) is 6.58 Å². The summed E-state index contributed by atoms with van der Waals surface area (Å²) < 4.78 is 0. The van der Waals surface area contributed by atoms with Crippen LogP contribution >= 0.6 is 0 Å². The van der Waals surface area contributed by atoms with Crippen molar-refractivity contribution in [3.8, 4) is 0 Å². The van der Waals surface area contributed by atoms with Crippen LogP contribution in [0.3, 0.4) is 0 Å². The van der Waals surface area contributed by atoms with Crippen LogP contribution in [0, 0.1) is 0 Å². The van der Waals surface area contributed by atoms with Gasteiger partial charge in [0.2, 0.25) is 0 Å². The zero-order valence-electron chi connectivity index (χ0n) is 10.8. The van der Waals surface area contributed by atoms with Crippen LogP contribution in [0.25, 0.3) is 0 Å². The number of hydrogen-bond donors (Lipinski definition) is 1. The van der Waals surface area contributed by atoms with Crippen molar-refractivity contribution in [2.24, 2.45) is 0 Å². The Morgan fingerprint density at radius 2 is 2.00 bits per heavy atom. The lowest BCUT2D eigenvalue weighted by Crippen LogP contribution is -2.32. The number of nitrogens with zero attached hydrogens (tertiary/aromatic N) is 1. The maximum atomic E-state index is 3.80. The molecule has 0 aliphatic rings. The summed E-state index contributed by atoms with van der Waals surface area (Å²) in [5.74, 6) is 0. The van der Waals surface area contributed by atoms with Crippen molar-refractivity contribution in [2.75, 3.05) is 26.2 Å². The summed E-state index contributed by atoms with van der Waals surface area (Å²) >= 11 is 0. The number of nitrogens with one attached hydrogen (secondary N) is 1. The summed E-state index contributed by atoms with van der Waals surface area (Å²) in [6.45, 7) is 14.9. The molecule has 0 saturated heterocycles. The van der Waals surface area contributed by atoms with Crippen molar-refractivity contribution in [2.45, 2.75) is 46.1 Å². The smallest absolute Gasteiger partial charge is 0.0163 e. The molecule has 0 rings (SSSR count). The quantitative estimate of drug-likeness (QED) is 0.442. The van der Waals surface area contributed by atoms with Crippen LogP contribution in [-0.4, -0.2) is 37.1 Å². The molecule has 0 heterocycles. The highest BCUT2D eigenvalue weighted by atomic mass is 15.1. The molecule has 0 aliphatic heterocycles. The van der Waals surface area contributed by atoms with E-state index in [2.05, 4.69) is 37.6 Å². The summed E-state index contributed by atoms with van der Waals surface area (Å²) in [4.78, 5) is 2.47. The molecule has 0 atom stereocenters. The number of rotatable bonds is 10. The van der Waals surface area contributed by atoms with Gasteiger partial charge in [0.25, 0.3) is 0 Å². The molecule has 2 nitrogen and oxygen atoms in total. The van der Waals surface area contributed by atoms with E-state index in [-0.39, 0.29) is 0 Å². The van der Waals surface area contributed by atoms with E-state index in [9.17, 15) is 0 Å². The molecule has 0 radical (unpaired) electrons. The summed E-state index contributed by atoms with van der Waals surface area (Å²) in [6.07, 6.45) is 5.93. The van der Waals surface area contributed by atoms with Crippen molar-refractivity contribution in [3.63, 3.8) is 0 Å². The minimum Gasteiger partial charge on any atom is -0.317 e. The number of unbranched alkanes of at least 4 members (excludes halogenated alkanes) is 2. The van der Waals surface area contributed by atoms with Crippen molar-refractivity contribution >= 4 is 0 Å². The van der Waals surface area contributed by atoms with E-state index in [4.69, 9.17) is 0 Å². The van der Waals surface area contributed by atoms with E-state index in [0.717, 1.165) is 13.1 Å². The third-order valence-corrected chi connectivity index (χ3v) is 2.64. The zero-order valence-corrected chi connectivity index (χ0v) is 10.8. The number of hydrogen-bond acceptors (Lipinski definition) is 2. The van der Waals surface area contributed by atoms with Crippen LogP contribution in [0.1, 0.15) is 40.0 Å². The van der Waals surface area contributed by atoms with E-state index < -0.39 is 0 Å². The highest BCUT2D eigenvalue weighted by molar-refractivity contribution is 4.75. The summed E-state index contributed by atoms with van der Waals surface area (Å²) in [6, 6.07) is 0.636. The molecule has 0 aromatic carbocycles. The van der Waals surface area contributed by atoms with Crippen LogP contribution < -0.4 is 5.32 Å². The van der Waals surface area contributed by atoms with Gasteiger partial charge in [0.05, 0.1) is 0 Å². The van der Waals surface area contributed by atoms with Crippen LogP contribution in [0.2, 0.25) is 0 Å². The van der Waals surface area contributed by atoms with Gasteiger partial charge in [0.1, 0.15) is 0 Å². The topological polar surface area (TPSA) is 15.3 Å². The first-order valence-electron chi connectivity index (χ1n) is 6.28. The summed E-state index contributed by atoms with van der Waals surface area (Å²) in [5.41, 5.74) is 0. The molecule has 0 spiro atoms. The van der Waals surface area contributed by atoms with Gasteiger partial charge in [0.15, 0.2) is 0 Å². The van der Waals surface area contributed by atoms with E-state index >= 15 is 0 Å². The van der Waals surface area contributed by atoms with Gasteiger partial charge in [-0.3, -0.25) is 4.90 Å². The molecule has 15 heavy (non-hydrogen) atoms. The average molecular weight is 212 g/mol. The van der Waals surface area contributed by atoms with Gasteiger partial charge in [-0.25, -0.2) is 0 Å². The Morgan fingerprint density at radius 1 is 1.27 bits per heavy atom. The Kier molecular flexibility index (Phi) is 9.96. The van der Waals surface area contributed by atoms with Gasteiger partial charge >= 0.3 is 0 Å². The van der Waals surface area contributed by atoms with Gasteiger partial charge < -0.3 is 5.32 Å². The molecule has 0 fully saturated rings. The second-order valence-corrected chi connectivity index (χ2v) is 4.29. The maximum Gasteiger partial charge on any atom is 0.0163 e. The SMILES string of the molecule is C=CCN(CCCCCNCC)C(C)C. The third-order valence-electron chi connectivity index (χ3n) is 2.64. The molecule has 90 valence electrons. The highest BCUT2D eigenvalue weighted by Crippen LogP contribution is 2.03. The lowest BCUT2D eigenvalue weighted by atomic mass is 10.2.